The van der Waals surface area contributed by atoms with E-state index in [1.54, 1.807) is 10.8 Å². The first kappa shape index (κ1) is 13.6. The van der Waals surface area contributed by atoms with E-state index < -0.39 is 0 Å². The zero-order chi connectivity index (χ0) is 14.7. The fourth-order valence-electron chi connectivity index (χ4n) is 2.57. The van der Waals surface area contributed by atoms with Gasteiger partial charge in [-0.3, -0.25) is 4.79 Å². The van der Waals surface area contributed by atoms with Gasteiger partial charge in [-0.05, 0) is 24.1 Å². The van der Waals surface area contributed by atoms with Crippen LogP contribution in [-0.2, 0) is 13.1 Å². The highest BCUT2D eigenvalue weighted by atomic mass is 16.3. The van der Waals surface area contributed by atoms with Crippen molar-refractivity contribution in [1.29, 1.82) is 0 Å². The number of aliphatic hydroxyl groups excluding tert-OH is 1. The lowest BCUT2D eigenvalue weighted by Crippen LogP contribution is -2.22. The van der Waals surface area contributed by atoms with Crippen molar-refractivity contribution in [3.05, 3.63) is 70.8 Å². The fourth-order valence-corrected chi connectivity index (χ4v) is 2.57. The summed E-state index contributed by atoms with van der Waals surface area (Å²) in [5.74, 6) is 0. The fraction of sp³-hybridized carbons (Fsp3) is 0.235. The SMILES string of the molecule is O=c1c2c(ccn1CCCO)ccn2Cc1ccccc1. The van der Waals surface area contributed by atoms with Crippen molar-refractivity contribution >= 4 is 10.9 Å². The van der Waals surface area contributed by atoms with Gasteiger partial charge in [0, 0.05) is 37.5 Å². The smallest absolute Gasteiger partial charge is 0.275 e. The topological polar surface area (TPSA) is 47.2 Å². The highest BCUT2D eigenvalue weighted by molar-refractivity contribution is 5.79. The van der Waals surface area contributed by atoms with Crippen LogP contribution in [0.2, 0.25) is 0 Å². The van der Waals surface area contributed by atoms with Crippen molar-refractivity contribution in [1.82, 2.24) is 9.13 Å². The molecule has 4 nitrogen and oxygen atoms in total. The number of hydrogen-bond acceptors (Lipinski definition) is 2. The standard InChI is InChI=1S/C17H18N2O2/c20-12-4-9-18-10-7-15-8-11-19(16(15)17(18)21)13-14-5-2-1-3-6-14/h1-3,5-8,10-11,20H,4,9,12-13H2. The van der Waals surface area contributed by atoms with E-state index in [2.05, 4.69) is 12.1 Å². The summed E-state index contributed by atoms with van der Waals surface area (Å²) in [7, 11) is 0. The van der Waals surface area contributed by atoms with E-state index in [4.69, 9.17) is 5.11 Å². The first-order valence-corrected chi connectivity index (χ1v) is 7.12. The molecule has 2 heterocycles. The minimum Gasteiger partial charge on any atom is -0.396 e. The first-order valence-electron chi connectivity index (χ1n) is 7.12. The second-order valence-electron chi connectivity index (χ2n) is 5.12. The molecule has 21 heavy (non-hydrogen) atoms. The maximum Gasteiger partial charge on any atom is 0.275 e. The van der Waals surface area contributed by atoms with Crippen molar-refractivity contribution in [3.8, 4) is 0 Å². The molecule has 2 aromatic heterocycles. The Balaban J connectivity index is 2.01. The van der Waals surface area contributed by atoms with Crippen LogP contribution in [0.5, 0.6) is 0 Å². The summed E-state index contributed by atoms with van der Waals surface area (Å²) in [6.07, 6.45) is 4.34. The minimum atomic E-state index is 0.00174. The predicted octanol–water partition coefficient (Wildman–Crippen LogP) is 2.23. The van der Waals surface area contributed by atoms with E-state index >= 15 is 0 Å². The highest BCUT2D eigenvalue weighted by Gasteiger charge is 2.08. The lowest BCUT2D eigenvalue weighted by Gasteiger charge is -2.08. The summed E-state index contributed by atoms with van der Waals surface area (Å²) in [5, 5.41) is 9.88. The summed E-state index contributed by atoms with van der Waals surface area (Å²) in [4.78, 5) is 12.6. The van der Waals surface area contributed by atoms with Gasteiger partial charge < -0.3 is 14.2 Å². The average Bonchev–Trinajstić information content (AvgIpc) is 2.91. The van der Waals surface area contributed by atoms with Gasteiger partial charge in [-0.15, -0.1) is 0 Å². The molecule has 0 saturated carbocycles. The zero-order valence-electron chi connectivity index (χ0n) is 11.8. The molecule has 0 atom stereocenters. The summed E-state index contributed by atoms with van der Waals surface area (Å²) < 4.78 is 3.66. The number of aliphatic hydroxyl groups is 1. The summed E-state index contributed by atoms with van der Waals surface area (Å²) in [6.45, 7) is 1.32. The van der Waals surface area contributed by atoms with Gasteiger partial charge in [-0.2, -0.15) is 0 Å². The van der Waals surface area contributed by atoms with Crippen LogP contribution in [0.4, 0.5) is 0 Å². The number of nitrogens with zero attached hydrogens (tertiary/aromatic N) is 2. The molecule has 0 radical (unpaired) electrons. The first-order chi connectivity index (χ1) is 10.3. The maximum absolute atomic E-state index is 12.6. The van der Waals surface area contributed by atoms with Gasteiger partial charge in [0.15, 0.2) is 0 Å². The molecule has 0 saturated heterocycles. The normalized spacial score (nSPS) is 11.1. The average molecular weight is 282 g/mol. The number of aryl methyl sites for hydroxylation is 1. The molecule has 3 aromatic rings. The van der Waals surface area contributed by atoms with Crippen LogP contribution in [0.1, 0.15) is 12.0 Å². The molecule has 0 aliphatic carbocycles. The Morgan fingerprint density at radius 3 is 2.38 bits per heavy atom. The molecule has 0 aliphatic heterocycles. The van der Waals surface area contributed by atoms with Gasteiger partial charge in [-0.1, -0.05) is 30.3 Å². The summed E-state index contributed by atoms with van der Waals surface area (Å²) in [6, 6.07) is 14.0. The minimum absolute atomic E-state index is 0.00174. The van der Waals surface area contributed by atoms with Crippen molar-refractivity contribution in [3.63, 3.8) is 0 Å². The molecule has 0 bridgehead atoms. The van der Waals surface area contributed by atoms with Gasteiger partial charge in [0.1, 0.15) is 5.52 Å². The Hall–Kier alpha value is -2.33. The maximum atomic E-state index is 12.6. The molecule has 1 N–H and O–H groups in total. The predicted molar refractivity (Wildman–Crippen MR) is 83.4 cm³/mol. The van der Waals surface area contributed by atoms with Crippen molar-refractivity contribution in [2.75, 3.05) is 6.61 Å². The molecule has 0 aliphatic rings. The van der Waals surface area contributed by atoms with Gasteiger partial charge in [-0.25, -0.2) is 0 Å². The van der Waals surface area contributed by atoms with Gasteiger partial charge in [0.05, 0.1) is 0 Å². The third-order valence-corrected chi connectivity index (χ3v) is 3.65. The molecule has 1 aromatic carbocycles. The number of hydrogen-bond donors (Lipinski definition) is 1. The molecular weight excluding hydrogens is 264 g/mol. The van der Waals surface area contributed by atoms with Crippen LogP contribution in [0.15, 0.2) is 59.7 Å². The van der Waals surface area contributed by atoms with Crippen LogP contribution < -0.4 is 5.56 Å². The Morgan fingerprint density at radius 1 is 0.952 bits per heavy atom. The molecule has 0 spiro atoms. The van der Waals surface area contributed by atoms with Crippen LogP contribution >= 0.6 is 0 Å². The molecule has 3 rings (SSSR count). The number of rotatable bonds is 5. The molecule has 108 valence electrons. The van der Waals surface area contributed by atoms with Crippen LogP contribution in [0.3, 0.4) is 0 Å². The van der Waals surface area contributed by atoms with E-state index in [0.29, 0.717) is 19.5 Å². The van der Waals surface area contributed by atoms with Crippen LogP contribution in [0, 0.1) is 0 Å². The molecule has 0 fully saturated rings. The lowest BCUT2D eigenvalue weighted by molar-refractivity contribution is 0.279. The van der Waals surface area contributed by atoms with Crippen molar-refractivity contribution < 1.29 is 5.11 Å². The summed E-state index contributed by atoms with van der Waals surface area (Å²) in [5.41, 5.74) is 1.89. The van der Waals surface area contributed by atoms with E-state index in [1.165, 1.54) is 5.56 Å². The quantitative estimate of drug-likeness (QED) is 0.780. The monoisotopic (exact) mass is 282 g/mol. The van der Waals surface area contributed by atoms with Crippen molar-refractivity contribution in [2.24, 2.45) is 0 Å². The lowest BCUT2D eigenvalue weighted by atomic mass is 10.2. The second-order valence-corrected chi connectivity index (χ2v) is 5.12. The van der Waals surface area contributed by atoms with Crippen LogP contribution in [0.25, 0.3) is 10.9 Å². The van der Waals surface area contributed by atoms with Gasteiger partial charge in [0.2, 0.25) is 0 Å². The number of aromatic nitrogens is 2. The van der Waals surface area contributed by atoms with Gasteiger partial charge in [0.25, 0.3) is 5.56 Å². The molecule has 0 unspecified atom stereocenters. The van der Waals surface area contributed by atoms with E-state index in [1.807, 2.05) is 41.1 Å². The molecule has 0 amide bonds. The Morgan fingerprint density at radius 2 is 1.67 bits per heavy atom. The van der Waals surface area contributed by atoms with E-state index in [-0.39, 0.29) is 12.2 Å². The molecule has 4 heteroatoms. The number of fused-ring (bicyclic) bond motifs is 1. The third-order valence-electron chi connectivity index (χ3n) is 3.65. The number of benzene rings is 1. The van der Waals surface area contributed by atoms with Gasteiger partial charge >= 0.3 is 0 Å². The highest BCUT2D eigenvalue weighted by Crippen LogP contribution is 2.13. The Labute approximate surface area is 122 Å². The zero-order valence-corrected chi connectivity index (χ0v) is 11.8. The summed E-state index contributed by atoms with van der Waals surface area (Å²) >= 11 is 0. The van der Waals surface area contributed by atoms with Crippen LogP contribution in [-0.4, -0.2) is 20.8 Å². The third kappa shape index (κ3) is 2.76. The van der Waals surface area contributed by atoms with E-state index in [9.17, 15) is 4.79 Å². The molecular formula is C17H18N2O2. The largest absolute Gasteiger partial charge is 0.396 e. The Bertz CT molecular complexity index is 787. The number of pyridine rings is 1. The van der Waals surface area contributed by atoms with E-state index in [0.717, 1.165) is 10.9 Å². The van der Waals surface area contributed by atoms with Crippen molar-refractivity contribution in [2.45, 2.75) is 19.5 Å². The second kappa shape index (κ2) is 5.97. The Kier molecular flexibility index (Phi) is 3.88.